The Morgan fingerprint density at radius 3 is 2.59 bits per heavy atom. The molecule has 0 saturated carbocycles. The van der Waals surface area contributed by atoms with Crippen molar-refractivity contribution >= 4 is 28.9 Å². The number of nitrogens with one attached hydrogen (secondary N) is 1. The fourth-order valence-corrected chi connectivity index (χ4v) is 4.53. The highest BCUT2D eigenvalue weighted by atomic mass is 19.4. The first-order valence-corrected chi connectivity index (χ1v) is 10.5. The lowest BCUT2D eigenvalue weighted by molar-refractivity contribution is -0.174. The topological polar surface area (TPSA) is 61.9 Å². The Kier molecular flexibility index (Phi) is 5.75. The van der Waals surface area contributed by atoms with Gasteiger partial charge in [-0.2, -0.15) is 13.2 Å². The number of piperidine rings is 1. The monoisotopic (exact) mass is 447 g/mol. The van der Waals surface area contributed by atoms with Crippen molar-refractivity contribution in [1.29, 1.82) is 0 Å². The minimum atomic E-state index is -4.91. The Hall–Kier alpha value is -3.23. The number of rotatable bonds is 3. The summed E-state index contributed by atoms with van der Waals surface area (Å²) in [6, 6.07) is 12.2. The second-order valence-corrected chi connectivity index (χ2v) is 7.94. The average Bonchev–Trinajstić information content (AvgIpc) is 2.87. The Bertz CT molecular complexity index is 1040. The van der Waals surface area contributed by atoms with Gasteiger partial charge in [0, 0.05) is 25.3 Å². The van der Waals surface area contributed by atoms with Crippen molar-refractivity contribution < 1.29 is 27.5 Å². The van der Waals surface area contributed by atoms with Gasteiger partial charge < -0.3 is 19.9 Å². The summed E-state index contributed by atoms with van der Waals surface area (Å²) in [4.78, 5) is 27.9. The van der Waals surface area contributed by atoms with Crippen LogP contribution in [0.15, 0.2) is 42.5 Å². The van der Waals surface area contributed by atoms with Crippen LogP contribution in [-0.2, 0) is 9.53 Å². The van der Waals surface area contributed by atoms with Gasteiger partial charge in [-0.25, -0.2) is 4.79 Å². The molecule has 0 spiro atoms. The molecule has 9 heteroatoms. The molecule has 4 rings (SSSR count). The summed E-state index contributed by atoms with van der Waals surface area (Å²) in [7, 11) is 1.90. The van der Waals surface area contributed by atoms with Crippen LogP contribution in [-0.4, -0.2) is 44.3 Å². The van der Waals surface area contributed by atoms with E-state index in [1.165, 1.54) is 0 Å². The second kappa shape index (κ2) is 8.37. The predicted octanol–water partition coefficient (Wildman–Crippen LogP) is 4.33. The first-order chi connectivity index (χ1) is 15.2. The number of anilines is 3. The number of benzene rings is 2. The summed E-state index contributed by atoms with van der Waals surface area (Å²) >= 11 is 0. The zero-order chi connectivity index (χ0) is 23.0. The maximum Gasteiger partial charge on any atom is 0.471 e. The summed E-state index contributed by atoms with van der Waals surface area (Å²) < 4.78 is 43.5. The third-order valence-electron chi connectivity index (χ3n) is 6.01. The Morgan fingerprint density at radius 1 is 1.12 bits per heavy atom. The number of nitrogens with zero attached hydrogens (tertiary/aromatic N) is 2. The molecule has 0 radical (unpaired) electrons. The molecule has 0 unspecified atom stereocenters. The molecule has 1 fully saturated rings. The Labute approximate surface area is 183 Å². The van der Waals surface area contributed by atoms with Gasteiger partial charge in [0.2, 0.25) is 0 Å². The van der Waals surface area contributed by atoms with Crippen molar-refractivity contribution in [1.82, 2.24) is 5.32 Å². The van der Waals surface area contributed by atoms with Gasteiger partial charge in [-0.3, -0.25) is 4.79 Å². The highest BCUT2D eigenvalue weighted by Crippen LogP contribution is 2.48. The molecule has 2 heterocycles. The fourth-order valence-electron chi connectivity index (χ4n) is 4.53. The average molecular weight is 447 g/mol. The number of alkyl halides is 3. The van der Waals surface area contributed by atoms with Crippen LogP contribution in [0, 0.1) is 0 Å². The molecule has 0 aliphatic carbocycles. The molecule has 6 nitrogen and oxygen atoms in total. The van der Waals surface area contributed by atoms with Crippen LogP contribution >= 0.6 is 0 Å². The van der Waals surface area contributed by atoms with Gasteiger partial charge in [-0.1, -0.05) is 18.2 Å². The minimum absolute atomic E-state index is 0.226. The molecular weight excluding hydrogens is 423 g/mol. The van der Waals surface area contributed by atoms with Crippen LogP contribution in [0.2, 0.25) is 0 Å². The van der Waals surface area contributed by atoms with Crippen molar-refractivity contribution in [2.75, 3.05) is 30.0 Å². The molecule has 0 aromatic heterocycles. The van der Waals surface area contributed by atoms with E-state index >= 15 is 0 Å². The van der Waals surface area contributed by atoms with E-state index in [4.69, 9.17) is 4.74 Å². The van der Waals surface area contributed by atoms with Gasteiger partial charge in [0.05, 0.1) is 29.6 Å². The SMILES string of the molecule is CCOC(=O)c1ccc2c(c1)N(C)c1ccccc1[C@H]1C[C@@H](NC(=O)C(F)(F)F)CCN21. The number of amides is 1. The highest BCUT2D eigenvalue weighted by molar-refractivity contribution is 5.94. The van der Waals surface area contributed by atoms with E-state index in [9.17, 15) is 22.8 Å². The van der Waals surface area contributed by atoms with E-state index in [0.717, 1.165) is 22.6 Å². The zero-order valence-electron chi connectivity index (χ0n) is 17.8. The minimum Gasteiger partial charge on any atom is -0.462 e. The maximum absolute atomic E-state index is 12.8. The molecule has 2 aliphatic rings. The molecule has 2 atom stereocenters. The normalized spacial score (nSPS) is 19.9. The number of hydrogen-bond donors (Lipinski definition) is 1. The summed E-state index contributed by atoms with van der Waals surface area (Å²) in [6.45, 7) is 2.48. The van der Waals surface area contributed by atoms with Crippen molar-refractivity contribution in [3.63, 3.8) is 0 Å². The van der Waals surface area contributed by atoms with Gasteiger partial charge in [0.1, 0.15) is 0 Å². The number of esters is 1. The van der Waals surface area contributed by atoms with Crippen LogP contribution < -0.4 is 15.1 Å². The molecular formula is C23H24F3N3O3. The lowest BCUT2D eigenvalue weighted by Crippen LogP contribution is -2.49. The number of ether oxygens (including phenoxy) is 1. The molecule has 1 amide bonds. The maximum atomic E-state index is 12.8. The van der Waals surface area contributed by atoms with Crippen LogP contribution in [0.4, 0.5) is 30.2 Å². The van der Waals surface area contributed by atoms with Crippen molar-refractivity contribution in [3.05, 3.63) is 53.6 Å². The zero-order valence-corrected chi connectivity index (χ0v) is 17.8. The molecule has 2 aromatic rings. The van der Waals surface area contributed by atoms with E-state index < -0.39 is 24.1 Å². The van der Waals surface area contributed by atoms with Gasteiger partial charge in [0.15, 0.2) is 0 Å². The molecule has 2 aliphatic heterocycles. The van der Waals surface area contributed by atoms with E-state index in [1.807, 2.05) is 42.3 Å². The first-order valence-electron chi connectivity index (χ1n) is 10.5. The third-order valence-corrected chi connectivity index (χ3v) is 6.01. The van der Waals surface area contributed by atoms with E-state index in [-0.39, 0.29) is 12.6 Å². The first kappa shape index (κ1) is 22.0. The van der Waals surface area contributed by atoms with Crippen LogP contribution in [0.25, 0.3) is 0 Å². The number of para-hydroxylation sites is 1. The molecule has 170 valence electrons. The highest BCUT2D eigenvalue weighted by Gasteiger charge is 2.42. The number of hydrogen-bond acceptors (Lipinski definition) is 5. The summed E-state index contributed by atoms with van der Waals surface area (Å²) in [5.74, 6) is -2.32. The van der Waals surface area contributed by atoms with Crippen LogP contribution in [0.3, 0.4) is 0 Å². The van der Waals surface area contributed by atoms with Crippen molar-refractivity contribution in [2.24, 2.45) is 0 Å². The lowest BCUT2D eigenvalue weighted by atomic mass is 9.90. The molecule has 1 N–H and O–H groups in total. The third kappa shape index (κ3) is 3.99. The van der Waals surface area contributed by atoms with E-state index in [0.29, 0.717) is 24.9 Å². The van der Waals surface area contributed by atoms with Crippen LogP contribution in [0.1, 0.15) is 41.7 Å². The van der Waals surface area contributed by atoms with E-state index in [2.05, 4.69) is 10.2 Å². The second-order valence-electron chi connectivity index (χ2n) is 7.94. The molecule has 2 aromatic carbocycles. The van der Waals surface area contributed by atoms with Crippen molar-refractivity contribution in [2.45, 2.75) is 38.0 Å². The number of carbonyl (C=O) groups is 2. The standard InChI is InChI=1S/C23H24F3N3O3/c1-3-32-21(30)14-8-9-18-20(12-14)28(2)17-7-5-4-6-16(17)19-13-15(10-11-29(18)19)27-22(31)23(24,25)26/h4-9,12,15,19H,3,10-11,13H2,1-2H3,(H,27,31)/t15-,19+/m0/s1. The fraction of sp³-hybridized carbons (Fsp3) is 0.391. The summed E-state index contributed by atoms with van der Waals surface area (Å²) in [5.41, 5.74) is 3.96. The largest absolute Gasteiger partial charge is 0.471 e. The van der Waals surface area contributed by atoms with Gasteiger partial charge in [0.25, 0.3) is 0 Å². The number of carbonyl (C=O) groups excluding carboxylic acids is 2. The lowest BCUT2D eigenvalue weighted by Gasteiger charge is -2.41. The smallest absolute Gasteiger partial charge is 0.462 e. The Morgan fingerprint density at radius 2 is 1.88 bits per heavy atom. The number of fused-ring (bicyclic) bond motifs is 5. The van der Waals surface area contributed by atoms with Crippen molar-refractivity contribution in [3.8, 4) is 0 Å². The van der Waals surface area contributed by atoms with Gasteiger partial charge >= 0.3 is 18.1 Å². The quantitative estimate of drug-likeness (QED) is 0.710. The summed E-state index contributed by atoms with van der Waals surface area (Å²) in [5, 5.41) is 2.15. The van der Waals surface area contributed by atoms with Crippen LogP contribution in [0.5, 0.6) is 0 Å². The van der Waals surface area contributed by atoms with E-state index in [1.54, 1.807) is 19.1 Å². The Balaban J connectivity index is 1.73. The summed E-state index contributed by atoms with van der Waals surface area (Å²) in [6.07, 6.45) is -4.19. The van der Waals surface area contributed by atoms with Gasteiger partial charge in [-0.15, -0.1) is 0 Å². The predicted molar refractivity (Wildman–Crippen MR) is 114 cm³/mol. The molecule has 1 saturated heterocycles. The molecule has 0 bridgehead atoms. The molecule has 32 heavy (non-hydrogen) atoms. The number of halogens is 3. The van der Waals surface area contributed by atoms with Gasteiger partial charge in [-0.05, 0) is 49.6 Å².